The number of nitrogens with two attached hydrogens (primary N) is 1. The zero-order valence-corrected chi connectivity index (χ0v) is 13.1. The molecular weight excluding hydrogens is 252 g/mol. The maximum atomic E-state index is 11.9. The number of rotatable bonds is 7. The van der Waals surface area contributed by atoms with Crippen molar-refractivity contribution in [1.29, 1.82) is 0 Å². The van der Waals surface area contributed by atoms with Crippen molar-refractivity contribution in [2.24, 2.45) is 5.73 Å². The molecule has 0 aliphatic rings. The van der Waals surface area contributed by atoms with E-state index in [4.69, 9.17) is 5.73 Å². The smallest absolute Gasteiger partial charge is 0.242 e. The summed E-state index contributed by atoms with van der Waals surface area (Å²) in [4.78, 5) is 15.9. The van der Waals surface area contributed by atoms with Gasteiger partial charge in [-0.25, -0.2) is 0 Å². The molecule has 0 aliphatic heterocycles. The van der Waals surface area contributed by atoms with Crippen molar-refractivity contribution >= 4 is 11.6 Å². The number of benzene rings is 1. The van der Waals surface area contributed by atoms with Gasteiger partial charge in [0, 0.05) is 32.9 Å². The fraction of sp³-hybridized carbons (Fsp3) is 0.533. The first-order chi connectivity index (χ1) is 9.27. The molecule has 1 aromatic rings. The number of nitrogens with one attached hydrogen (secondary N) is 1. The molecule has 0 saturated heterocycles. The van der Waals surface area contributed by atoms with Crippen molar-refractivity contribution in [2.75, 3.05) is 46.2 Å². The van der Waals surface area contributed by atoms with Gasteiger partial charge in [-0.3, -0.25) is 10.1 Å². The number of nitrogens with zero attached hydrogens (tertiary/aromatic N) is 2. The number of amides is 1. The summed E-state index contributed by atoms with van der Waals surface area (Å²) >= 11 is 0. The van der Waals surface area contributed by atoms with E-state index in [1.165, 1.54) is 0 Å². The molecule has 5 nitrogen and oxygen atoms in total. The minimum atomic E-state index is -0.846. The summed E-state index contributed by atoms with van der Waals surface area (Å²) in [6, 6.07) is 7.87. The molecule has 3 N–H and O–H groups in total. The van der Waals surface area contributed by atoms with Crippen LogP contribution in [0.1, 0.15) is 12.5 Å². The summed E-state index contributed by atoms with van der Waals surface area (Å²) in [5.41, 5.74) is 6.72. The third kappa shape index (κ3) is 3.95. The van der Waals surface area contributed by atoms with Crippen molar-refractivity contribution in [3.63, 3.8) is 0 Å². The fourth-order valence-electron chi connectivity index (χ4n) is 1.95. The predicted molar refractivity (Wildman–Crippen MR) is 83.9 cm³/mol. The number of carbonyl (C=O) groups is 1. The normalized spacial score (nSPS) is 14.1. The van der Waals surface area contributed by atoms with Gasteiger partial charge in [0.05, 0.1) is 0 Å². The molecule has 0 spiro atoms. The van der Waals surface area contributed by atoms with Crippen LogP contribution >= 0.6 is 0 Å². The van der Waals surface area contributed by atoms with Gasteiger partial charge in [0.2, 0.25) is 5.91 Å². The Hall–Kier alpha value is -1.59. The second kappa shape index (κ2) is 6.72. The van der Waals surface area contributed by atoms with Gasteiger partial charge < -0.3 is 15.5 Å². The Kier molecular flexibility index (Phi) is 5.53. The van der Waals surface area contributed by atoms with Crippen LogP contribution < -0.4 is 16.0 Å². The van der Waals surface area contributed by atoms with Crippen LogP contribution in [0, 0.1) is 0 Å². The van der Waals surface area contributed by atoms with E-state index in [1.807, 2.05) is 64.3 Å². The highest BCUT2D eigenvalue weighted by Crippen LogP contribution is 2.23. The lowest BCUT2D eigenvalue weighted by molar-refractivity contribution is -0.124. The van der Waals surface area contributed by atoms with Crippen LogP contribution in [0.2, 0.25) is 0 Å². The van der Waals surface area contributed by atoms with E-state index in [1.54, 1.807) is 0 Å². The van der Waals surface area contributed by atoms with Gasteiger partial charge >= 0.3 is 0 Å². The highest BCUT2D eigenvalue weighted by atomic mass is 16.1. The number of hydrogen-bond donors (Lipinski definition) is 2. The second-order valence-electron chi connectivity index (χ2n) is 5.66. The first kappa shape index (κ1) is 16.5. The van der Waals surface area contributed by atoms with E-state index in [2.05, 4.69) is 10.2 Å². The molecule has 0 saturated carbocycles. The maximum absolute atomic E-state index is 11.9. The molecule has 5 heteroatoms. The standard InChI is InChI=1S/C15H26N4O/c1-15(14(16)20,17-10-11-18(2)3)12-6-8-13(9-7-12)19(4)5/h6-9,17H,10-11H2,1-5H3,(H2,16,20). The topological polar surface area (TPSA) is 61.6 Å². The molecule has 1 amide bonds. The largest absolute Gasteiger partial charge is 0.378 e. The van der Waals surface area contributed by atoms with Gasteiger partial charge in [-0.05, 0) is 38.7 Å². The number of hydrogen-bond acceptors (Lipinski definition) is 4. The van der Waals surface area contributed by atoms with Crippen LogP contribution in [0.3, 0.4) is 0 Å². The van der Waals surface area contributed by atoms with Crippen LogP contribution in [0.5, 0.6) is 0 Å². The first-order valence-electron chi connectivity index (χ1n) is 6.75. The molecule has 1 rings (SSSR count). The molecule has 1 unspecified atom stereocenters. The van der Waals surface area contributed by atoms with Gasteiger partial charge in [-0.15, -0.1) is 0 Å². The zero-order valence-electron chi connectivity index (χ0n) is 13.1. The summed E-state index contributed by atoms with van der Waals surface area (Å²) in [5, 5.41) is 3.26. The Bertz CT molecular complexity index is 442. The Morgan fingerprint density at radius 2 is 1.75 bits per heavy atom. The van der Waals surface area contributed by atoms with E-state index in [0.29, 0.717) is 6.54 Å². The first-order valence-corrected chi connectivity index (χ1v) is 6.75. The van der Waals surface area contributed by atoms with Gasteiger partial charge in [-0.1, -0.05) is 12.1 Å². The van der Waals surface area contributed by atoms with E-state index >= 15 is 0 Å². The summed E-state index contributed by atoms with van der Waals surface area (Å²) < 4.78 is 0. The molecule has 0 aliphatic carbocycles. The zero-order chi connectivity index (χ0) is 15.3. The lowest BCUT2D eigenvalue weighted by Gasteiger charge is -2.29. The van der Waals surface area contributed by atoms with Crippen LogP contribution in [-0.2, 0) is 10.3 Å². The van der Waals surface area contributed by atoms with Gasteiger partial charge in [0.25, 0.3) is 0 Å². The minimum absolute atomic E-state index is 0.367. The molecular formula is C15H26N4O. The molecule has 0 bridgehead atoms. The Morgan fingerprint density at radius 3 is 2.15 bits per heavy atom. The Labute approximate surface area is 121 Å². The molecule has 0 fully saturated rings. The molecule has 0 aromatic heterocycles. The lowest BCUT2D eigenvalue weighted by atomic mass is 9.91. The molecule has 1 aromatic carbocycles. The van der Waals surface area contributed by atoms with E-state index in [-0.39, 0.29) is 5.91 Å². The van der Waals surface area contributed by atoms with Gasteiger partial charge in [0.1, 0.15) is 5.54 Å². The average Bonchev–Trinajstić information content (AvgIpc) is 2.37. The van der Waals surface area contributed by atoms with Crippen molar-refractivity contribution in [3.05, 3.63) is 29.8 Å². The minimum Gasteiger partial charge on any atom is -0.378 e. The molecule has 0 radical (unpaired) electrons. The number of anilines is 1. The number of likely N-dealkylation sites (N-methyl/N-ethyl adjacent to an activating group) is 1. The lowest BCUT2D eigenvalue weighted by Crippen LogP contribution is -2.51. The maximum Gasteiger partial charge on any atom is 0.242 e. The SMILES string of the molecule is CN(C)CCNC(C)(C(N)=O)c1ccc(N(C)C)cc1. The van der Waals surface area contributed by atoms with Crippen molar-refractivity contribution in [1.82, 2.24) is 10.2 Å². The Balaban J connectivity index is 2.91. The second-order valence-corrected chi connectivity index (χ2v) is 5.66. The third-order valence-electron chi connectivity index (χ3n) is 3.49. The highest BCUT2D eigenvalue weighted by Gasteiger charge is 2.32. The molecule has 0 heterocycles. The fourth-order valence-corrected chi connectivity index (χ4v) is 1.95. The third-order valence-corrected chi connectivity index (χ3v) is 3.49. The molecule has 20 heavy (non-hydrogen) atoms. The highest BCUT2D eigenvalue weighted by molar-refractivity contribution is 5.85. The van der Waals surface area contributed by atoms with E-state index in [9.17, 15) is 4.79 Å². The summed E-state index contributed by atoms with van der Waals surface area (Å²) in [6.45, 7) is 3.37. The van der Waals surface area contributed by atoms with Gasteiger partial charge in [0.15, 0.2) is 0 Å². The van der Waals surface area contributed by atoms with Crippen LogP contribution in [0.15, 0.2) is 24.3 Å². The summed E-state index contributed by atoms with van der Waals surface area (Å²) in [6.07, 6.45) is 0. The van der Waals surface area contributed by atoms with E-state index in [0.717, 1.165) is 17.8 Å². The van der Waals surface area contributed by atoms with Crippen molar-refractivity contribution in [3.8, 4) is 0 Å². The van der Waals surface area contributed by atoms with Crippen molar-refractivity contribution < 1.29 is 4.79 Å². The molecule has 112 valence electrons. The van der Waals surface area contributed by atoms with E-state index < -0.39 is 5.54 Å². The summed E-state index contributed by atoms with van der Waals surface area (Å²) in [7, 11) is 7.96. The van der Waals surface area contributed by atoms with Crippen LogP contribution in [0.25, 0.3) is 0 Å². The van der Waals surface area contributed by atoms with Crippen molar-refractivity contribution in [2.45, 2.75) is 12.5 Å². The van der Waals surface area contributed by atoms with Crippen LogP contribution in [-0.4, -0.2) is 52.1 Å². The monoisotopic (exact) mass is 278 g/mol. The molecule has 1 atom stereocenters. The number of primary amides is 1. The van der Waals surface area contributed by atoms with Gasteiger partial charge in [-0.2, -0.15) is 0 Å². The predicted octanol–water partition coefficient (Wildman–Crippen LogP) is 0.604. The Morgan fingerprint density at radius 1 is 1.20 bits per heavy atom. The number of carbonyl (C=O) groups excluding carboxylic acids is 1. The van der Waals surface area contributed by atoms with Crippen LogP contribution in [0.4, 0.5) is 5.69 Å². The average molecular weight is 278 g/mol. The summed E-state index contributed by atoms with van der Waals surface area (Å²) in [5.74, 6) is -0.367. The quantitative estimate of drug-likeness (QED) is 0.767.